The van der Waals surface area contributed by atoms with Crippen LogP contribution in [-0.4, -0.2) is 51.9 Å². The number of halogens is 1. The number of anilines is 1. The van der Waals surface area contributed by atoms with E-state index < -0.39 is 15.8 Å². The molecule has 102 valence electrons. The molecule has 0 saturated heterocycles. The fraction of sp³-hybridized carbons (Fsp3) is 0.455. The number of nitrogen functional groups attached to an aromatic ring is 1. The Labute approximate surface area is 107 Å². The lowest BCUT2D eigenvalue weighted by molar-refractivity contribution is 0.357. The van der Waals surface area contributed by atoms with Crippen LogP contribution in [0.3, 0.4) is 0 Å². The normalized spacial score (nSPS) is 12.3. The summed E-state index contributed by atoms with van der Waals surface area (Å²) in [6.45, 7) is 0.853. The topological polar surface area (TPSA) is 66.6 Å². The predicted molar refractivity (Wildman–Crippen MR) is 69.2 cm³/mol. The van der Waals surface area contributed by atoms with E-state index in [4.69, 9.17) is 5.73 Å². The second-order valence-electron chi connectivity index (χ2n) is 4.32. The highest BCUT2D eigenvalue weighted by Gasteiger charge is 2.24. The van der Waals surface area contributed by atoms with E-state index in [9.17, 15) is 12.8 Å². The summed E-state index contributed by atoms with van der Waals surface area (Å²) in [5, 5.41) is 0. The Hall–Kier alpha value is -1.18. The summed E-state index contributed by atoms with van der Waals surface area (Å²) < 4.78 is 38.9. The Bertz CT molecular complexity index is 517. The van der Waals surface area contributed by atoms with Gasteiger partial charge in [0.25, 0.3) is 0 Å². The van der Waals surface area contributed by atoms with Gasteiger partial charge in [0.15, 0.2) is 0 Å². The molecule has 0 heterocycles. The van der Waals surface area contributed by atoms with Crippen LogP contribution in [0.25, 0.3) is 0 Å². The maximum atomic E-state index is 13.6. The van der Waals surface area contributed by atoms with E-state index in [0.29, 0.717) is 13.1 Å². The molecule has 0 aliphatic rings. The summed E-state index contributed by atoms with van der Waals surface area (Å²) in [6, 6.07) is 3.56. The van der Waals surface area contributed by atoms with Crippen molar-refractivity contribution in [3.8, 4) is 0 Å². The zero-order valence-electron chi connectivity index (χ0n) is 10.7. The van der Waals surface area contributed by atoms with Crippen molar-refractivity contribution in [2.24, 2.45) is 0 Å². The van der Waals surface area contributed by atoms with Gasteiger partial charge in [0.1, 0.15) is 10.7 Å². The van der Waals surface area contributed by atoms with Gasteiger partial charge in [-0.15, -0.1) is 0 Å². The van der Waals surface area contributed by atoms with Crippen molar-refractivity contribution in [2.75, 3.05) is 40.0 Å². The van der Waals surface area contributed by atoms with E-state index in [0.717, 1.165) is 10.4 Å². The summed E-state index contributed by atoms with van der Waals surface area (Å²) in [7, 11) is 1.29. The van der Waals surface area contributed by atoms with Crippen LogP contribution in [0.4, 0.5) is 10.1 Å². The van der Waals surface area contributed by atoms with Crippen LogP contribution < -0.4 is 5.73 Å². The average molecular weight is 275 g/mol. The van der Waals surface area contributed by atoms with Crippen LogP contribution >= 0.6 is 0 Å². The molecule has 0 unspecified atom stereocenters. The maximum Gasteiger partial charge on any atom is 0.245 e. The van der Waals surface area contributed by atoms with Gasteiger partial charge in [-0.3, -0.25) is 0 Å². The Kier molecular flexibility index (Phi) is 4.66. The van der Waals surface area contributed by atoms with E-state index in [-0.39, 0.29) is 10.6 Å². The fourth-order valence-corrected chi connectivity index (χ4v) is 2.56. The molecule has 1 rings (SSSR count). The maximum absolute atomic E-state index is 13.6. The number of nitrogens with zero attached hydrogens (tertiary/aromatic N) is 2. The van der Waals surface area contributed by atoms with E-state index in [1.54, 1.807) is 0 Å². The lowest BCUT2D eigenvalue weighted by Crippen LogP contribution is -2.34. The Morgan fingerprint density at radius 1 is 1.22 bits per heavy atom. The molecule has 0 saturated carbocycles. The molecular formula is C11H18FN3O2S. The molecule has 0 fully saturated rings. The van der Waals surface area contributed by atoms with Crippen LogP contribution in [0, 0.1) is 5.82 Å². The van der Waals surface area contributed by atoms with Crippen molar-refractivity contribution >= 4 is 15.7 Å². The molecule has 0 amide bonds. The number of sulfonamides is 1. The highest BCUT2D eigenvalue weighted by atomic mass is 32.2. The number of hydrogen-bond acceptors (Lipinski definition) is 4. The molecule has 0 aromatic heterocycles. The van der Waals surface area contributed by atoms with Gasteiger partial charge in [-0.05, 0) is 32.3 Å². The summed E-state index contributed by atoms with van der Waals surface area (Å²) in [4.78, 5) is 1.50. The zero-order valence-corrected chi connectivity index (χ0v) is 11.5. The van der Waals surface area contributed by atoms with Crippen LogP contribution in [0.1, 0.15) is 0 Å². The quantitative estimate of drug-likeness (QED) is 0.799. The van der Waals surface area contributed by atoms with Crippen LogP contribution in [0.15, 0.2) is 23.1 Å². The van der Waals surface area contributed by atoms with E-state index in [1.165, 1.54) is 19.2 Å². The predicted octanol–water partition coefficient (Wildman–Crippen LogP) is 0.590. The Morgan fingerprint density at radius 2 is 1.83 bits per heavy atom. The van der Waals surface area contributed by atoms with Crippen LogP contribution in [-0.2, 0) is 10.0 Å². The van der Waals surface area contributed by atoms with Crippen molar-refractivity contribution in [2.45, 2.75) is 4.90 Å². The first-order chi connectivity index (χ1) is 8.25. The molecule has 2 N–H and O–H groups in total. The summed E-state index contributed by atoms with van der Waals surface area (Å²) in [6.07, 6.45) is 0. The Balaban J connectivity index is 2.98. The third-order valence-electron chi connectivity index (χ3n) is 2.51. The van der Waals surface area contributed by atoms with Gasteiger partial charge in [0, 0.05) is 25.8 Å². The number of benzene rings is 1. The van der Waals surface area contributed by atoms with Gasteiger partial charge in [-0.2, -0.15) is 4.31 Å². The minimum Gasteiger partial charge on any atom is -0.399 e. The molecule has 0 bridgehead atoms. The van der Waals surface area contributed by atoms with Crippen molar-refractivity contribution in [1.29, 1.82) is 0 Å². The molecule has 0 atom stereocenters. The Morgan fingerprint density at radius 3 is 2.33 bits per heavy atom. The second-order valence-corrected chi connectivity index (χ2v) is 6.33. The molecule has 7 heteroatoms. The molecule has 1 aromatic carbocycles. The standard InChI is InChI=1S/C11H18FN3O2S/c1-14(2)6-7-15(3)18(16,17)11-5-4-9(13)8-10(11)12/h4-5,8H,6-7,13H2,1-3H3. The van der Waals surface area contributed by atoms with Gasteiger partial charge in [0.2, 0.25) is 10.0 Å². The second kappa shape index (κ2) is 5.64. The van der Waals surface area contributed by atoms with E-state index in [1.807, 2.05) is 19.0 Å². The molecule has 18 heavy (non-hydrogen) atoms. The van der Waals surface area contributed by atoms with Gasteiger partial charge in [0.05, 0.1) is 0 Å². The minimum absolute atomic E-state index is 0.197. The van der Waals surface area contributed by atoms with E-state index in [2.05, 4.69) is 0 Å². The molecule has 5 nitrogen and oxygen atoms in total. The molecule has 0 aliphatic heterocycles. The molecule has 1 aromatic rings. The zero-order chi connectivity index (χ0) is 13.9. The lowest BCUT2D eigenvalue weighted by atomic mass is 10.3. The number of rotatable bonds is 5. The minimum atomic E-state index is -3.81. The monoisotopic (exact) mass is 275 g/mol. The molecule has 0 spiro atoms. The van der Waals surface area contributed by atoms with Crippen LogP contribution in [0.5, 0.6) is 0 Å². The van der Waals surface area contributed by atoms with E-state index >= 15 is 0 Å². The van der Waals surface area contributed by atoms with Crippen molar-refractivity contribution in [3.63, 3.8) is 0 Å². The summed E-state index contributed by atoms with van der Waals surface area (Å²) >= 11 is 0. The third-order valence-corrected chi connectivity index (χ3v) is 4.40. The third kappa shape index (κ3) is 3.41. The SMILES string of the molecule is CN(C)CCN(C)S(=O)(=O)c1ccc(N)cc1F. The average Bonchev–Trinajstić information content (AvgIpc) is 2.24. The smallest absolute Gasteiger partial charge is 0.245 e. The van der Waals surface area contributed by atoms with Gasteiger partial charge in [-0.1, -0.05) is 0 Å². The number of likely N-dealkylation sites (N-methyl/N-ethyl adjacent to an activating group) is 2. The molecular weight excluding hydrogens is 257 g/mol. The fourth-order valence-electron chi connectivity index (χ4n) is 1.36. The van der Waals surface area contributed by atoms with Gasteiger partial charge in [-0.25, -0.2) is 12.8 Å². The first-order valence-electron chi connectivity index (χ1n) is 5.41. The van der Waals surface area contributed by atoms with Crippen molar-refractivity contribution in [1.82, 2.24) is 9.21 Å². The number of nitrogens with two attached hydrogens (primary N) is 1. The highest BCUT2D eigenvalue weighted by molar-refractivity contribution is 7.89. The first kappa shape index (κ1) is 14.9. The summed E-state index contributed by atoms with van der Waals surface area (Å²) in [5.74, 6) is -0.827. The van der Waals surface area contributed by atoms with Gasteiger partial charge < -0.3 is 10.6 Å². The van der Waals surface area contributed by atoms with Crippen molar-refractivity contribution < 1.29 is 12.8 Å². The number of hydrogen-bond donors (Lipinski definition) is 1. The lowest BCUT2D eigenvalue weighted by Gasteiger charge is -2.19. The highest BCUT2D eigenvalue weighted by Crippen LogP contribution is 2.20. The molecule has 0 radical (unpaired) electrons. The van der Waals surface area contributed by atoms with Crippen LogP contribution in [0.2, 0.25) is 0 Å². The molecule has 0 aliphatic carbocycles. The van der Waals surface area contributed by atoms with Gasteiger partial charge >= 0.3 is 0 Å². The van der Waals surface area contributed by atoms with Crippen molar-refractivity contribution in [3.05, 3.63) is 24.0 Å². The summed E-state index contributed by atoms with van der Waals surface area (Å²) in [5.41, 5.74) is 5.59. The first-order valence-corrected chi connectivity index (χ1v) is 6.85. The largest absolute Gasteiger partial charge is 0.399 e.